The van der Waals surface area contributed by atoms with Crippen molar-refractivity contribution in [3.63, 3.8) is 0 Å². The lowest BCUT2D eigenvalue weighted by Gasteiger charge is -2.04. The molecule has 3 heterocycles. The van der Waals surface area contributed by atoms with Crippen molar-refractivity contribution in [2.45, 2.75) is 33.1 Å². The highest BCUT2D eigenvalue weighted by Crippen LogP contribution is 2.35. The fourth-order valence-electron chi connectivity index (χ4n) is 2.76. The van der Waals surface area contributed by atoms with E-state index in [1.54, 1.807) is 17.1 Å². The van der Waals surface area contributed by atoms with Crippen molar-refractivity contribution >= 4 is 23.2 Å². The molecule has 0 fully saturated rings. The number of hydrogen-bond donors (Lipinski definition) is 1. The lowest BCUT2D eigenvalue weighted by atomic mass is 10.2. The molecule has 0 saturated heterocycles. The summed E-state index contributed by atoms with van der Waals surface area (Å²) in [7, 11) is 1.22. The Kier molecular flexibility index (Phi) is 5.20. The first kappa shape index (κ1) is 19.9. The van der Waals surface area contributed by atoms with E-state index < -0.39 is 22.8 Å². The molecule has 0 saturated carbocycles. The van der Waals surface area contributed by atoms with Crippen LogP contribution in [0.15, 0.2) is 18.6 Å². The van der Waals surface area contributed by atoms with E-state index in [4.69, 9.17) is 11.6 Å². The summed E-state index contributed by atoms with van der Waals surface area (Å²) >= 11 is 5.73. The second-order valence-corrected chi connectivity index (χ2v) is 6.46. The topological polar surface area (TPSA) is 82.6 Å². The molecule has 0 bridgehead atoms. The molecule has 150 valence electrons. The van der Waals surface area contributed by atoms with Crippen LogP contribution in [0.5, 0.6) is 0 Å². The minimum Gasteiger partial charge on any atom is -0.318 e. The lowest BCUT2D eigenvalue weighted by molar-refractivity contribution is -0.141. The average molecular weight is 416 g/mol. The standard InChI is InChI=1S/C16H17ClF3N7O/c1-4-27-9(2)10(5-22-27)7-26-8-11(6-21-26)23-15(28)13-12(17)14(16(18,19)20)24-25(13)3/h5-6,8H,4,7H2,1-3H3,(H,23,28). The Morgan fingerprint density at radius 1 is 1.29 bits per heavy atom. The maximum absolute atomic E-state index is 12.9. The predicted octanol–water partition coefficient (Wildman–Crippen LogP) is 3.11. The second-order valence-electron chi connectivity index (χ2n) is 6.08. The first-order valence-corrected chi connectivity index (χ1v) is 8.64. The van der Waals surface area contributed by atoms with Crippen LogP contribution < -0.4 is 5.32 Å². The van der Waals surface area contributed by atoms with Gasteiger partial charge >= 0.3 is 6.18 Å². The Balaban J connectivity index is 1.76. The number of aromatic nitrogens is 6. The first-order valence-electron chi connectivity index (χ1n) is 8.26. The second kappa shape index (κ2) is 7.30. The van der Waals surface area contributed by atoms with E-state index in [1.807, 2.05) is 18.5 Å². The molecule has 0 atom stereocenters. The molecule has 0 aliphatic carbocycles. The maximum atomic E-state index is 12.9. The van der Waals surface area contributed by atoms with E-state index in [2.05, 4.69) is 20.6 Å². The highest BCUT2D eigenvalue weighted by Gasteiger charge is 2.39. The molecule has 0 spiro atoms. The van der Waals surface area contributed by atoms with Gasteiger partial charge in [-0.15, -0.1) is 0 Å². The van der Waals surface area contributed by atoms with Crippen molar-refractivity contribution in [1.29, 1.82) is 0 Å². The zero-order chi connectivity index (χ0) is 20.6. The van der Waals surface area contributed by atoms with Gasteiger partial charge in [0.25, 0.3) is 5.91 Å². The van der Waals surface area contributed by atoms with E-state index >= 15 is 0 Å². The fraction of sp³-hybridized carbons (Fsp3) is 0.375. The summed E-state index contributed by atoms with van der Waals surface area (Å²) < 4.78 is 42.9. The summed E-state index contributed by atoms with van der Waals surface area (Å²) in [5, 5.41) is 13.4. The highest BCUT2D eigenvalue weighted by molar-refractivity contribution is 6.34. The first-order chi connectivity index (χ1) is 13.1. The zero-order valence-electron chi connectivity index (χ0n) is 15.2. The molecule has 3 rings (SSSR count). The van der Waals surface area contributed by atoms with E-state index in [9.17, 15) is 18.0 Å². The van der Waals surface area contributed by atoms with E-state index in [1.165, 1.54) is 13.2 Å². The number of nitrogens with one attached hydrogen (secondary N) is 1. The normalized spacial score (nSPS) is 11.8. The van der Waals surface area contributed by atoms with Gasteiger partial charge in [0.05, 0.1) is 24.6 Å². The van der Waals surface area contributed by atoms with E-state index in [0.717, 1.165) is 22.5 Å². The number of carbonyl (C=O) groups excluding carboxylic acids is 1. The van der Waals surface area contributed by atoms with Gasteiger partial charge in [-0.05, 0) is 13.8 Å². The summed E-state index contributed by atoms with van der Waals surface area (Å²) in [4.78, 5) is 12.4. The molecule has 12 heteroatoms. The third-order valence-electron chi connectivity index (χ3n) is 4.20. The predicted molar refractivity (Wildman–Crippen MR) is 95.1 cm³/mol. The van der Waals surface area contributed by atoms with Crippen LogP contribution in [0.25, 0.3) is 0 Å². The number of rotatable bonds is 5. The summed E-state index contributed by atoms with van der Waals surface area (Å²) in [5.41, 5.74) is 0.594. The highest BCUT2D eigenvalue weighted by atomic mass is 35.5. The van der Waals surface area contributed by atoms with Crippen LogP contribution in [0.4, 0.5) is 18.9 Å². The Morgan fingerprint density at radius 2 is 2.00 bits per heavy atom. The SMILES string of the molecule is CCn1ncc(Cn2cc(NC(=O)c3c(Cl)c(C(F)(F)F)nn3C)cn2)c1C. The quantitative estimate of drug-likeness (QED) is 0.694. The molecule has 3 aromatic heterocycles. The lowest BCUT2D eigenvalue weighted by Crippen LogP contribution is -2.16. The number of alkyl halides is 3. The van der Waals surface area contributed by atoms with E-state index in [0.29, 0.717) is 12.2 Å². The van der Waals surface area contributed by atoms with Crippen molar-refractivity contribution in [1.82, 2.24) is 29.3 Å². The maximum Gasteiger partial charge on any atom is 0.436 e. The Bertz CT molecular complexity index is 1020. The molecule has 0 aliphatic heterocycles. The van der Waals surface area contributed by atoms with Crippen molar-refractivity contribution < 1.29 is 18.0 Å². The van der Waals surface area contributed by atoms with Gasteiger partial charge in [-0.2, -0.15) is 28.5 Å². The smallest absolute Gasteiger partial charge is 0.318 e. The average Bonchev–Trinajstić information content (AvgIpc) is 3.27. The number of anilines is 1. The van der Waals surface area contributed by atoms with Gasteiger partial charge in [0, 0.05) is 31.0 Å². The van der Waals surface area contributed by atoms with Crippen LogP contribution in [0.1, 0.15) is 34.4 Å². The van der Waals surface area contributed by atoms with Crippen LogP contribution in [-0.2, 0) is 26.3 Å². The van der Waals surface area contributed by atoms with Crippen LogP contribution in [-0.4, -0.2) is 35.2 Å². The number of hydrogen-bond acceptors (Lipinski definition) is 4. The number of nitrogens with zero attached hydrogens (tertiary/aromatic N) is 6. The van der Waals surface area contributed by atoms with Gasteiger partial charge in [0.1, 0.15) is 10.7 Å². The molecule has 1 N–H and O–H groups in total. The third-order valence-corrected chi connectivity index (χ3v) is 4.56. The van der Waals surface area contributed by atoms with Gasteiger partial charge in [0.15, 0.2) is 5.69 Å². The van der Waals surface area contributed by atoms with Gasteiger partial charge < -0.3 is 5.32 Å². The molecular weight excluding hydrogens is 399 g/mol. The summed E-state index contributed by atoms with van der Waals surface area (Å²) in [6.07, 6.45) is -0.0477. The van der Waals surface area contributed by atoms with Crippen LogP contribution in [0.3, 0.4) is 0 Å². The molecule has 0 unspecified atom stereocenters. The Morgan fingerprint density at radius 3 is 2.57 bits per heavy atom. The van der Waals surface area contributed by atoms with Crippen molar-refractivity contribution in [2.24, 2.45) is 7.05 Å². The van der Waals surface area contributed by atoms with Gasteiger partial charge in [0.2, 0.25) is 0 Å². The fourth-order valence-corrected chi connectivity index (χ4v) is 3.12. The largest absolute Gasteiger partial charge is 0.436 e. The molecule has 0 radical (unpaired) electrons. The monoisotopic (exact) mass is 415 g/mol. The Hall–Kier alpha value is -2.82. The molecule has 8 nitrogen and oxygen atoms in total. The number of amides is 1. The molecular formula is C16H17ClF3N7O. The summed E-state index contributed by atoms with van der Waals surface area (Å²) in [5.74, 6) is -0.815. The minimum absolute atomic E-state index is 0.316. The zero-order valence-corrected chi connectivity index (χ0v) is 16.0. The van der Waals surface area contributed by atoms with Crippen molar-refractivity contribution in [3.8, 4) is 0 Å². The van der Waals surface area contributed by atoms with Crippen LogP contribution in [0, 0.1) is 6.92 Å². The van der Waals surface area contributed by atoms with Crippen LogP contribution in [0.2, 0.25) is 5.02 Å². The van der Waals surface area contributed by atoms with Gasteiger partial charge in [-0.3, -0.25) is 18.8 Å². The number of aryl methyl sites for hydroxylation is 2. The molecule has 0 aromatic carbocycles. The molecule has 3 aromatic rings. The molecule has 1 amide bonds. The number of carbonyl (C=O) groups is 1. The van der Waals surface area contributed by atoms with Crippen molar-refractivity contribution in [3.05, 3.63) is 46.3 Å². The van der Waals surface area contributed by atoms with Gasteiger partial charge in [-0.25, -0.2) is 0 Å². The summed E-state index contributed by atoms with van der Waals surface area (Å²) in [6, 6.07) is 0. The third kappa shape index (κ3) is 3.75. The van der Waals surface area contributed by atoms with Crippen molar-refractivity contribution in [2.75, 3.05) is 5.32 Å². The Labute approximate surface area is 162 Å². The van der Waals surface area contributed by atoms with Crippen LogP contribution >= 0.6 is 11.6 Å². The number of halogens is 4. The minimum atomic E-state index is -4.75. The summed E-state index contributed by atoms with van der Waals surface area (Å²) in [6.45, 7) is 5.11. The van der Waals surface area contributed by atoms with Gasteiger partial charge in [-0.1, -0.05) is 11.6 Å². The molecule has 28 heavy (non-hydrogen) atoms. The molecule has 0 aliphatic rings. The van der Waals surface area contributed by atoms with E-state index in [-0.39, 0.29) is 5.69 Å².